The van der Waals surface area contributed by atoms with Gasteiger partial charge in [0.25, 0.3) is 0 Å². The van der Waals surface area contributed by atoms with Crippen molar-refractivity contribution in [3.8, 4) is 0 Å². The number of rotatable bonds is 25. The molecular weight excluding hydrogens is 930 g/mol. The van der Waals surface area contributed by atoms with Crippen molar-refractivity contribution in [3.63, 3.8) is 0 Å². The highest BCUT2D eigenvalue weighted by Crippen LogP contribution is 2.49. The molecule has 68 heavy (non-hydrogen) atoms. The van der Waals surface area contributed by atoms with Crippen molar-refractivity contribution in [2.75, 3.05) is 13.2 Å². The number of cyclic esters (lactones) is 1. The molecule has 2 rings (SSSR count). The summed E-state index contributed by atoms with van der Waals surface area (Å²) in [6.07, 6.45) is 4.04. The topological polar surface area (TPSA) is 314 Å². The number of esters is 2. The van der Waals surface area contributed by atoms with Gasteiger partial charge in [0, 0.05) is 31.1 Å². The van der Waals surface area contributed by atoms with Crippen molar-refractivity contribution in [1.82, 2.24) is 0 Å². The van der Waals surface area contributed by atoms with Crippen LogP contribution in [0.2, 0.25) is 0 Å². The first-order valence-electron chi connectivity index (χ1n) is 25.0. The molecule has 12 atom stereocenters. The maximum Gasteiger partial charge on any atom is 0.472 e. The fourth-order valence-corrected chi connectivity index (χ4v) is 9.90. The molecule has 2 aliphatic rings. The number of ketones is 1. The van der Waals surface area contributed by atoms with Crippen LogP contribution in [0.4, 0.5) is 0 Å². The second-order valence-electron chi connectivity index (χ2n) is 18.3. The largest absolute Gasteiger partial charge is 0.472 e. The minimum absolute atomic E-state index is 0.0309. The van der Waals surface area contributed by atoms with E-state index in [0.717, 1.165) is 51.0 Å². The number of allylic oxidation sites excluding steroid dienone is 2. The lowest BCUT2D eigenvalue weighted by Crippen LogP contribution is -2.56. The zero-order valence-corrected chi connectivity index (χ0v) is 42.0. The van der Waals surface area contributed by atoms with Gasteiger partial charge in [-0.1, -0.05) is 147 Å². The summed E-state index contributed by atoms with van der Waals surface area (Å²) >= 11 is 0. The fraction of sp³-hybridized carbons (Fsp3) is 0.851. The standard InChI is InChI=1S/C47H84O19P2/c1-3-5-7-8-9-10-11-12-13-14-15-16-17-18-24-28-41(52)64-35-32-62-40(51)27-23-20-19-22-26-36-38(49)31-39(50)37(30-29-34(48)25-21-6-4-2)43(54)46(65-67(57,58)59)47(45(56)44(55)42(36)53)66-68(60,61)63-33-35/h19,22,29-30,34-37,39,42-48,50,53-56H,3-18,20-21,23-28,31-33H2,1-2H3,(H,60,61)(H2,57,58,59)/b22-19-,30-29+/t34-,35+,36-,37-,39+,42+,43+,44-,45+,46+,47-/m0/s1. The van der Waals surface area contributed by atoms with E-state index < -0.39 is 120 Å². The molecule has 1 aliphatic heterocycles. The number of aliphatic hydroxyl groups excluding tert-OH is 6. The zero-order valence-electron chi connectivity index (χ0n) is 40.3. The highest BCUT2D eigenvalue weighted by Gasteiger charge is 2.51. The van der Waals surface area contributed by atoms with Crippen molar-refractivity contribution in [2.45, 2.75) is 229 Å². The molecule has 0 aromatic carbocycles. The Kier molecular flexibility index (Phi) is 31.5. The zero-order chi connectivity index (χ0) is 50.5. The van der Waals surface area contributed by atoms with Crippen LogP contribution in [0.3, 0.4) is 0 Å². The number of Topliss-reactive ketones (excluding diaryl/α,β-unsaturated/α-hetero) is 1. The third-order valence-electron chi connectivity index (χ3n) is 12.4. The van der Waals surface area contributed by atoms with E-state index in [0.29, 0.717) is 12.8 Å². The number of carbonyl (C=O) groups excluding carboxylic acids is 3. The minimum atomic E-state index is -5.78. The van der Waals surface area contributed by atoms with Crippen LogP contribution < -0.4 is 0 Å². The van der Waals surface area contributed by atoms with E-state index in [1.165, 1.54) is 69.9 Å². The van der Waals surface area contributed by atoms with Gasteiger partial charge in [0.05, 0.1) is 31.0 Å². The van der Waals surface area contributed by atoms with E-state index in [4.69, 9.17) is 23.0 Å². The Morgan fingerprint density at radius 1 is 0.809 bits per heavy atom. The summed E-state index contributed by atoms with van der Waals surface area (Å²) in [6.45, 7) is 2.55. The van der Waals surface area contributed by atoms with Gasteiger partial charge in [0.2, 0.25) is 0 Å². The number of unbranched alkanes of at least 4 members (excludes halogenated alkanes) is 16. The molecule has 1 unspecified atom stereocenters. The maximum atomic E-state index is 13.7. The maximum absolute atomic E-state index is 13.7. The molecule has 0 saturated heterocycles. The summed E-state index contributed by atoms with van der Waals surface area (Å²) in [6, 6.07) is 0. The molecule has 0 radical (unpaired) electrons. The number of phosphoric ester groups is 2. The van der Waals surface area contributed by atoms with Gasteiger partial charge in [-0.15, -0.1) is 0 Å². The Morgan fingerprint density at radius 2 is 1.38 bits per heavy atom. The van der Waals surface area contributed by atoms with Crippen molar-refractivity contribution in [1.29, 1.82) is 0 Å². The highest BCUT2D eigenvalue weighted by molar-refractivity contribution is 7.47. The van der Waals surface area contributed by atoms with E-state index in [-0.39, 0.29) is 38.5 Å². The Bertz CT molecular complexity index is 1570. The molecule has 1 fully saturated rings. The van der Waals surface area contributed by atoms with Crippen LogP contribution in [0.15, 0.2) is 24.3 Å². The lowest BCUT2D eigenvalue weighted by molar-refractivity contribution is -0.164. The predicted octanol–water partition coefficient (Wildman–Crippen LogP) is 6.32. The van der Waals surface area contributed by atoms with Gasteiger partial charge in [0.15, 0.2) is 6.10 Å². The molecule has 0 aromatic heterocycles. The number of ether oxygens (including phenoxy) is 2. The Hall–Kier alpha value is -1.93. The highest BCUT2D eigenvalue weighted by atomic mass is 31.2. The quantitative estimate of drug-likeness (QED) is 0.0209. The Labute approximate surface area is 402 Å². The first kappa shape index (κ1) is 62.2. The van der Waals surface area contributed by atoms with Crippen molar-refractivity contribution in [2.24, 2.45) is 11.8 Å². The molecular formula is C47H84O19P2. The van der Waals surface area contributed by atoms with E-state index in [9.17, 15) is 68.8 Å². The summed E-state index contributed by atoms with van der Waals surface area (Å²) in [4.78, 5) is 70.5. The average Bonchev–Trinajstić information content (AvgIpc) is 3.28. The second-order valence-corrected chi connectivity index (χ2v) is 20.9. The summed E-state index contributed by atoms with van der Waals surface area (Å²) in [5, 5.41) is 68.2. The van der Waals surface area contributed by atoms with Gasteiger partial charge in [-0.05, 0) is 32.1 Å². The molecule has 1 heterocycles. The van der Waals surface area contributed by atoms with Crippen molar-refractivity contribution in [3.05, 3.63) is 24.3 Å². The molecule has 9 N–H and O–H groups in total. The van der Waals surface area contributed by atoms with Gasteiger partial charge < -0.3 is 54.8 Å². The van der Waals surface area contributed by atoms with Crippen LogP contribution in [0.5, 0.6) is 0 Å². The number of hydrogen-bond donors (Lipinski definition) is 9. The number of aliphatic hydroxyl groups is 6. The van der Waals surface area contributed by atoms with Crippen LogP contribution in [0.1, 0.15) is 174 Å². The molecule has 396 valence electrons. The fourth-order valence-electron chi connectivity index (χ4n) is 8.37. The smallest absolute Gasteiger partial charge is 0.462 e. The average molecular weight is 1020 g/mol. The first-order valence-corrected chi connectivity index (χ1v) is 28.0. The van der Waals surface area contributed by atoms with Gasteiger partial charge >= 0.3 is 27.6 Å². The number of hydrogen-bond acceptors (Lipinski definition) is 16. The SMILES string of the molecule is CCCCCCCCCCCCCCCCCC(=O)O[C@@H]1COC(=O)CCC/C=C\C[C@H]2C(=O)C[C@@H](O)[C@H](/C=C/[C@@H](O)CCCCC)[C@@H](O)[C@@H](OP(=O)(O)O)[C@@H](OP(=O)(O)OC1)[C@H](O)[C@@H](O)[C@@H]2O. The summed E-state index contributed by atoms with van der Waals surface area (Å²) in [7, 11) is -11.5. The molecule has 21 heteroatoms. The third-order valence-corrected chi connectivity index (χ3v) is 13.9. The summed E-state index contributed by atoms with van der Waals surface area (Å²) < 4.78 is 52.2. The first-order chi connectivity index (χ1) is 32.3. The molecule has 1 saturated carbocycles. The van der Waals surface area contributed by atoms with Crippen LogP contribution in [-0.2, 0) is 46.6 Å². The lowest BCUT2D eigenvalue weighted by atomic mass is 9.84. The monoisotopic (exact) mass is 1010 g/mol. The normalized spacial score (nSPS) is 30.8. The van der Waals surface area contributed by atoms with E-state index in [1.807, 2.05) is 6.92 Å². The van der Waals surface area contributed by atoms with Gasteiger partial charge in [-0.25, -0.2) is 9.13 Å². The number of fused-ring (bicyclic) bond motifs is 4. The second kappa shape index (κ2) is 34.4. The molecule has 1 aliphatic carbocycles. The van der Waals surface area contributed by atoms with E-state index >= 15 is 0 Å². The van der Waals surface area contributed by atoms with Gasteiger partial charge in [0.1, 0.15) is 36.8 Å². The van der Waals surface area contributed by atoms with Crippen LogP contribution in [-0.4, -0.2) is 131 Å². The number of phosphoric acid groups is 2. The predicted molar refractivity (Wildman–Crippen MR) is 251 cm³/mol. The third kappa shape index (κ3) is 26.0. The molecule has 0 spiro atoms. The Morgan fingerprint density at radius 3 is 1.97 bits per heavy atom. The summed E-state index contributed by atoms with van der Waals surface area (Å²) in [5.41, 5.74) is 0. The van der Waals surface area contributed by atoms with Crippen LogP contribution in [0, 0.1) is 11.8 Å². The van der Waals surface area contributed by atoms with Gasteiger partial charge in [-0.3, -0.25) is 28.0 Å². The van der Waals surface area contributed by atoms with E-state index in [2.05, 4.69) is 6.92 Å². The Balaban J connectivity index is 2.33. The van der Waals surface area contributed by atoms with Crippen molar-refractivity contribution < 1.29 is 91.9 Å². The van der Waals surface area contributed by atoms with E-state index in [1.54, 1.807) is 6.08 Å². The van der Waals surface area contributed by atoms with Crippen molar-refractivity contribution >= 4 is 33.4 Å². The lowest BCUT2D eigenvalue weighted by Gasteiger charge is -2.38. The minimum Gasteiger partial charge on any atom is -0.462 e. The van der Waals surface area contributed by atoms with Crippen LogP contribution >= 0.6 is 15.6 Å². The molecule has 19 nitrogen and oxygen atoms in total. The molecule has 0 amide bonds. The van der Waals surface area contributed by atoms with Gasteiger partial charge in [-0.2, -0.15) is 0 Å². The molecule has 2 bridgehead atoms. The van der Waals surface area contributed by atoms with Crippen LogP contribution in [0.25, 0.3) is 0 Å². The number of carbonyl (C=O) groups is 3. The molecule has 0 aromatic rings. The summed E-state index contributed by atoms with van der Waals surface area (Å²) in [5.74, 6) is -5.67.